The molecule has 2 aromatic carbocycles. The van der Waals surface area contributed by atoms with Gasteiger partial charge in [0.15, 0.2) is 11.3 Å². The van der Waals surface area contributed by atoms with E-state index < -0.39 is 5.97 Å². The van der Waals surface area contributed by atoms with E-state index in [9.17, 15) is 4.79 Å². The first kappa shape index (κ1) is 23.2. The molecule has 0 atom stereocenters. The predicted octanol–water partition coefficient (Wildman–Crippen LogP) is 6.12. The van der Waals surface area contributed by atoms with Crippen LogP contribution in [0.5, 0.6) is 11.5 Å². The Morgan fingerprint density at radius 1 is 1.13 bits per heavy atom. The first-order valence-electron chi connectivity index (χ1n) is 10.3. The maximum Gasteiger partial charge on any atom is 0.307 e. The van der Waals surface area contributed by atoms with Gasteiger partial charge in [0, 0.05) is 17.4 Å². The number of benzene rings is 2. The molecule has 0 spiro atoms. The van der Waals surface area contributed by atoms with Gasteiger partial charge in [-0.3, -0.25) is 4.79 Å². The molecule has 0 bridgehead atoms. The van der Waals surface area contributed by atoms with Crippen molar-refractivity contribution in [2.24, 2.45) is 0 Å². The largest absolute Gasteiger partial charge is 0.493 e. The Morgan fingerprint density at radius 2 is 1.84 bits per heavy atom. The Morgan fingerprint density at radius 3 is 2.48 bits per heavy atom. The summed E-state index contributed by atoms with van der Waals surface area (Å²) in [6, 6.07) is 7.08. The minimum Gasteiger partial charge on any atom is -0.493 e. The van der Waals surface area contributed by atoms with Crippen molar-refractivity contribution in [1.29, 1.82) is 0 Å². The Hall–Kier alpha value is -2.44. The van der Waals surface area contributed by atoms with Gasteiger partial charge >= 0.3 is 5.97 Å². The van der Waals surface area contributed by atoms with E-state index in [1.165, 1.54) is 0 Å². The Labute approximate surface area is 191 Å². The van der Waals surface area contributed by atoms with Crippen LogP contribution in [0.1, 0.15) is 43.5 Å². The van der Waals surface area contributed by atoms with Crippen LogP contribution in [-0.2, 0) is 24.1 Å². The highest BCUT2D eigenvalue weighted by Gasteiger charge is 2.16. The fourth-order valence-electron chi connectivity index (χ4n) is 3.41. The number of halogens is 2. The van der Waals surface area contributed by atoms with Crippen molar-refractivity contribution < 1.29 is 23.9 Å². The van der Waals surface area contributed by atoms with Crippen LogP contribution in [0, 0.1) is 0 Å². The molecule has 166 valence electrons. The number of aliphatic carboxylic acids is 1. The van der Waals surface area contributed by atoms with Crippen LogP contribution in [0.4, 0.5) is 0 Å². The van der Waals surface area contributed by atoms with E-state index in [-0.39, 0.29) is 16.5 Å². The van der Waals surface area contributed by atoms with Gasteiger partial charge in [-0.25, -0.2) is 0 Å². The molecule has 1 N–H and O–H groups in total. The van der Waals surface area contributed by atoms with E-state index in [2.05, 4.69) is 19.0 Å². The molecule has 1 aromatic heterocycles. The Balaban J connectivity index is 1.59. The van der Waals surface area contributed by atoms with Gasteiger partial charge in [-0.2, -0.15) is 0 Å². The van der Waals surface area contributed by atoms with Crippen molar-refractivity contribution in [2.75, 3.05) is 13.2 Å². The van der Waals surface area contributed by atoms with Gasteiger partial charge in [-0.15, -0.1) is 0 Å². The average Bonchev–Trinajstić information content (AvgIpc) is 3.13. The molecule has 0 unspecified atom stereocenters. The molecular formula is C23H25Cl2NO5. The van der Waals surface area contributed by atoms with Gasteiger partial charge in [0.05, 0.1) is 35.4 Å². The second-order valence-electron chi connectivity index (χ2n) is 7.16. The van der Waals surface area contributed by atoms with Gasteiger partial charge in [-0.1, -0.05) is 48.6 Å². The van der Waals surface area contributed by atoms with Crippen molar-refractivity contribution in [3.63, 3.8) is 0 Å². The molecule has 0 aliphatic rings. The highest BCUT2D eigenvalue weighted by atomic mass is 35.5. The molecule has 0 radical (unpaired) electrons. The van der Waals surface area contributed by atoms with Crippen LogP contribution in [0.25, 0.3) is 11.0 Å². The molecule has 0 saturated carbocycles. The lowest BCUT2D eigenvalue weighted by Gasteiger charge is -2.13. The molecule has 1 heterocycles. The molecule has 8 heteroatoms. The van der Waals surface area contributed by atoms with Gasteiger partial charge in [0.25, 0.3) is 0 Å². The van der Waals surface area contributed by atoms with Crippen molar-refractivity contribution in [2.45, 2.75) is 46.0 Å². The van der Waals surface area contributed by atoms with Crippen LogP contribution < -0.4 is 9.47 Å². The third-order valence-corrected chi connectivity index (χ3v) is 5.38. The first-order valence-corrected chi connectivity index (χ1v) is 11.1. The van der Waals surface area contributed by atoms with Crippen LogP contribution in [-0.4, -0.2) is 29.4 Å². The smallest absolute Gasteiger partial charge is 0.307 e. The van der Waals surface area contributed by atoms with Crippen LogP contribution in [0.15, 0.2) is 28.8 Å². The summed E-state index contributed by atoms with van der Waals surface area (Å²) in [5, 5.41) is 14.7. The minimum absolute atomic E-state index is 0.150. The van der Waals surface area contributed by atoms with E-state index in [0.29, 0.717) is 30.9 Å². The molecule has 0 saturated heterocycles. The van der Waals surface area contributed by atoms with Crippen molar-refractivity contribution in [3.05, 3.63) is 51.1 Å². The lowest BCUT2D eigenvalue weighted by Crippen LogP contribution is -2.07. The summed E-state index contributed by atoms with van der Waals surface area (Å²) < 4.78 is 17.3. The quantitative estimate of drug-likeness (QED) is 0.343. The number of carboxylic acids is 1. The zero-order valence-corrected chi connectivity index (χ0v) is 19.1. The molecule has 3 rings (SSSR count). The second-order valence-corrected chi connectivity index (χ2v) is 7.98. The normalized spacial score (nSPS) is 11.1. The number of aromatic nitrogens is 1. The van der Waals surface area contributed by atoms with Crippen LogP contribution in [0.3, 0.4) is 0 Å². The maximum atomic E-state index is 10.9. The lowest BCUT2D eigenvalue weighted by atomic mass is 10.0. The predicted molar refractivity (Wildman–Crippen MR) is 121 cm³/mol. The first-order chi connectivity index (χ1) is 14.9. The van der Waals surface area contributed by atoms with E-state index in [1.54, 1.807) is 12.1 Å². The average molecular weight is 466 g/mol. The summed E-state index contributed by atoms with van der Waals surface area (Å²) in [5.74, 6) is 0.191. The lowest BCUT2D eigenvalue weighted by molar-refractivity contribution is -0.136. The van der Waals surface area contributed by atoms with E-state index in [4.69, 9.17) is 42.3 Å². The zero-order chi connectivity index (χ0) is 22.4. The summed E-state index contributed by atoms with van der Waals surface area (Å²) in [4.78, 5) is 10.9. The fraction of sp³-hybridized carbons (Fsp3) is 0.391. The van der Waals surface area contributed by atoms with Crippen molar-refractivity contribution >= 4 is 40.1 Å². The Kier molecular flexibility index (Phi) is 8.04. The maximum absolute atomic E-state index is 10.9. The summed E-state index contributed by atoms with van der Waals surface area (Å²) in [6.45, 7) is 4.97. The number of aryl methyl sites for hydroxylation is 2. The molecule has 31 heavy (non-hydrogen) atoms. The number of ether oxygens (including phenoxy) is 2. The van der Waals surface area contributed by atoms with E-state index >= 15 is 0 Å². The number of carbonyl (C=O) groups is 1. The molecule has 3 aromatic rings. The molecule has 6 nitrogen and oxygen atoms in total. The Bertz CT molecular complexity index is 1040. The van der Waals surface area contributed by atoms with Crippen LogP contribution >= 0.6 is 23.2 Å². The van der Waals surface area contributed by atoms with Crippen molar-refractivity contribution in [1.82, 2.24) is 5.16 Å². The van der Waals surface area contributed by atoms with E-state index in [0.717, 1.165) is 47.2 Å². The van der Waals surface area contributed by atoms with Crippen LogP contribution in [0.2, 0.25) is 10.0 Å². The van der Waals surface area contributed by atoms with E-state index in [1.807, 2.05) is 12.1 Å². The van der Waals surface area contributed by atoms with Crippen molar-refractivity contribution in [3.8, 4) is 11.5 Å². The number of fused-ring (bicyclic) bond motifs is 1. The zero-order valence-electron chi connectivity index (χ0n) is 17.5. The number of nitrogens with zero attached hydrogens (tertiary/aromatic N) is 1. The topological polar surface area (TPSA) is 81.8 Å². The molecule has 0 aliphatic heterocycles. The summed E-state index contributed by atoms with van der Waals surface area (Å²) in [6.07, 6.45) is 3.09. The monoisotopic (exact) mass is 465 g/mol. The molecule has 0 aliphatic carbocycles. The summed E-state index contributed by atoms with van der Waals surface area (Å²) in [5.41, 5.74) is 3.31. The summed E-state index contributed by atoms with van der Waals surface area (Å²) >= 11 is 12.4. The molecule has 0 fully saturated rings. The number of hydrogen-bond donors (Lipinski definition) is 1. The molecule has 0 amide bonds. The third kappa shape index (κ3) is 5.63. The number of rotatable bonds is 11. The number of hydrogen-bond acceptors (Lipinski definition) is 5. The second kappa shape index (κ2) is 10.7. The highest BCUT2D eigenvalue weighted by Crippen LogP contribution is 2.35. The van der Waals surface area contributed by atoms with Gasteiger partial charge in [0.1, 0.15) is 5.75 Å². The highest BCUT2D eigenvalue weighted by molar-refractivity contribution is 6.37. The standard InChI is InChI=1S/C23H25Cl2NO5/c1-3-6-16-20(8-7-15-19(4-2)26-31-22(15)16)29-9-5-10-30-23-17(24)11-14(12-18(23)25)13-21(27)28/h7-8,11-12H,3-6,9-10,13H2,1-2H3,(H,27,28). The third-order valence-electron chi connectivity index (χ3n) is 4.82. The number of carboxylic acid groups (broad SMARTS) is 1. The van der Waals surface area contributed by atoms with Gasteiger partial charge < -0.3 is 19.1 Å². The minimum atomic E-state index is -0.949. The molecular weight excluding hydrogens is 441 g/mol. The van der Waals surface area contributed by atoms with Gasteiger partial charge in [-0.05, 0) is 42.7 Å². The van der Waals surface area contributed by atoms with Gasteiger partial charge in [0.2, 0.25) is 0 Å². The summed E-state index contributed by atoms with van der Waals surface area (Å²) in [7, 11) is 0. The SMILES string of the molecule is CCCc1c(OCCCOc2c(Cl)cc(CC(=O)O)cc2Cl)ccc2c(CC)noc12. The fourth-order valence-corrected chi connectivity index (χ4v) is 4.05.